The number of ether oxygens (including phenoxy) is 2. The third-order valence-corrected chi connectivity index (χ3v) is 3.15. The minimum absolute atomic E-state index is 0.204. The highest BCUT2D eigenvalue weighted by Crippen LogP contribution is 2.11. The van der Waals surface area contributed by atoms with Gasteiger partial charge in [-0.2, -0.15) is 0 Å². The quantitative estimate of drug-likeness (QED) is 0.765. The predicted octanol–water partition coefficient (Wildman–Crippen LogP) is 1.25. The van der Waals surface area contributed by atoms with E-state index in [2.05, 4.69) is 15.6 Å². The van der Waals surface area contributed by atoms with Gasteiger partial charge in [0.2, 0.25) is 5.88 Å². The molecule has 2 N–H and O–H groups in total. The Labute approximate surface area is 144 Å². The normalized spacial score (nSPS) is 9.84. The molecular weight excluding hydrogens is 326 g/mol. The van der Waals surface area contributed by atoms with Crippen LogP contribution in [-0.4, -0.2) is 43.5 Å². The van der Waals surface area contributed by atoms with E-state index in [0.717, 1.165) is 0 Å². The summed E-state index contributed by atoms with van der Waals surface area (Å²) in [5.74, 6) is -1.10. The zero-order chi connectivity index (χ0) is 18.2. The maximum absolute atomic E-state index is 11.9. The van der Waals surface area contributed by atoms with Gasteiger partial charge in [0.25, 0.3) is 11.8 Å². The number of aromatic nitrogens is 1. The molecule has 1 heterocycles. The average molecular weight is 343 g/mol. The molecule has 1 aromatic carbocycles. The number of nitrogens with zero attached hydrogens (tertiary/aromatic N) is 1. The molecule has 0 aliphatic carbocycles. The molecule has 0 aliphatic rings. The van der Waals surface area contributed by atoms with E-state index < -0.39 is 18.5 Å². The molecule has 25 heavy (non-hydrogen) atoms. The maximum atomic E-state index is 11.9. The summed E-state index contributed by atoms with van der Waals surface area (Å²) in [6.07, 6.45) is 1.30. The third kappa shape index (κ3) is 5.03. The number of nitrogens with one attached hydrogen (secondary N) is 2. The monoisotopic (exact) mass is 343 g/mol. The molecule has 0 radical (unpaired) electrons. The average Bonchev–Trinajstić information content (AvgIpc) is 2.65. The lowest BCUT2D eigenvalue weighted by molar-refractivity contribution is -0.119. The Bertz CT molecular complexity index is 774. The molecule has 130 valence electrons. The minimum atomic E-state index is -0.676. The van der Waals surface area contributed by atoms with E-state index in [1.807, 2.05) is 0 Å². The van der Waals surface area contributed by atoms with Crippen LogP contribution in [0.5, 0.6) is 5.88 Å². The predicted molar refractivity (Wildman–Crippen MR) is 89.5 cm³/mol. The number of methoxy groups -OCH3 is 1. The second-order valence-corrected chi connectivity index (χ2v) is 4.87. The van der Waals surface area contributed by atoms with Crippen molar-refractivity contribution < 1.29 is 23.9 Å². The molecule has 0 unspecified atom stereocenters. The van der Waals surface area contributed by atoms with Gasteiger partial charge in [-0.3, -0.25) is 9.59 Å². The molecule has 8 nitrogen and oxygen atoms in total. The molecule has 0 atom stereocenters. The van der Waals surface area contributed by atoms with Crippen molar-refractivity contribution >= 4 is 23.5 Å². The fourth-order valence-corrected chi connectivity index (χ4v) is 1.92. The number of carbonyl (C=O) groups excluding carboxylic acids is 3. The van der Waals surface area contributed by atoms with Crippen LogP contribution >= 0.6 is 0 Å². The van der Waals surface area contributed by atoms with Crippen molar-refractivity contribution in [2.24, 2.45) is 0 Å². The molecule has 2 amide bonds. The minimum Gasteiger partial charge on any atom is -0.481 e. The summed E-state index contributed by atoms with van der Waals surface area (Å²) in [5, 5.41) is 5.05. The number of carbonyl (C=O) groups is 3. The number of benzene rings is 1. The summed E-state index contributed by atoms with van der Waals surface area (Å²) in [7, 11) is 2.98. The molecule has 0 bridgehead atoms. The summed E-state index contributed by atoms with van der Waals surface area (Å²) in [5.41, 5.74) is 1.03. The van der Waals surface area contributed by atoms with Crippen molar-refractivity contribution in [3.8, 4) is 5.88 Å². The first-order chi connectivity index (χ1) is 12.0. The Morgan fingerprint density at radius 2 is 1.92 bits per heavy atom. The lowest BCUT2D eigenvalue weighted by Crippen LogP contribution is -2.22. The van der Waals surface area contributed by atoms with Crippen molar-refractivity contribution in [1.29, 1.82) is 0 Å². The standard InChI is InChI=1S/C17H17N3O5/c1-18-16(22)11-4-3-5-13(8-11)20-14(21)10-25-17(23)12-6-7-15(24-2)19-9-12/h3-9H,10H2,1-2H3,(H,18,22)(H,20,21). The zero-order valence-corrected chi connectivity index (χ0v) is 13.7. The van der Waals surface area contributed by atoms with Crippen LogP contribution in [0.4, 0.5) is 5.69 Å². The maximum Gasteiger partial charge on any atom is 0.340 e. The number of anilines is 1. The van der Waals surface area contributed by atoms with Gasteiger partial charge in [-0.25, -0.2) is 9.78 Å². The van der Waals surface area contributed by atoms with Gasteiger partial charge in [-0.15, -0.1) is 0 Å². The second kappa shape index (κ2) is 8.44. The molecule has 2 rings (SSSR count). The van der Waals surface area contributed by atoms with E-state index in [0.29, 0.717) is 17.1 Å². The van der Waals surface area contributed by atoms with Crippen LogP contribution in [0.2, 0.25) is 0 Å². The largest absolute Gasteiger partial charge is 0.481 e. The van der Waals surface area contributed by atoms with Gasteiger partial charge in [0.15, 0.2) is 6.61 Å². The lowest BCUT2D eigenvalue weighted by Gasteiger charge is -2.08. The van der Waals surface area contributed by atoms with Crippen molar-refractivity contribution in [3.63, 3.8) is 0 Å². The first kappa shape index (κ1) is 17.9. The van der Waals surface area contributed by atoms with Gasteiger partial charge in [0.1, 0.15) is 0 Å². The highest BCUT2D eigenvalue weighted by atomic mass is 16.5. The Kier molecular flexibility index (Phi) is 6.05. The number of hydrogen-bond donors (Lipinski definition) is 2. The van der Waals surface area contributed by atoms with Crippen molar-refractivity contribution in [2.75, 3.05) is 26.1 Å². The second-order valence-electron chi connectivity index (χ2n) is 4.87. The fraction of sp³-hybridized carbons (Fsp3) is 0.176. The number of pyridine rings is 1. The Morgan fingerprint density at radius 3 is 2.56 bits per heavy atom. The van der Waals surface area contributed by atoms with E-state index in [1.54, 1.807) is 18.2 Å². The van der Waals surface area contributed by atoms with Crippen LogP contribution in [0.15, 0.2) is 42.6 Å². The SMILES string of the molecule is CNC(=O)c1cccc(NC(=O)COC(=O)c2ccc(OC)nc2)c1. The molecular formula is C17H17N3O5. The van der Waals surface area contributed by atoms with E-state index in [1.165, 1.54) is 38.6 Å². The van der Waals surface area contributed by atoms with Crippen LogP contribution in [0.25, 0.3) is 0 Å². The van der Waals surface area contributed by atoms with Gasteiger partial charge >= 0.3 is 5.97 Å². The first-order valence-corrected chi connectivity index (χ1v) is 7.32. The summed E-state index contributed by atoms with van der Waals surface area (Å²) >= 11 is 0. The topological polar surface area (TPSA) is 107 Å². The number of esters is 1. The molecule has 1 aromatic heterocycles. The number of hydrogen-bond acceptors (Lipinski definition) is 6. The van der Waals surface area contributed by atoms with Gasteiger partial charge in [0.05, 0.1) is 12.7 Å². The molecule has 0 aliphatic heterocycles. The van der Waals surface area contributed by atoms with Crippen LogP contribution < -0.4 is 15.4 Å². The highest BCUT2D eigenvalue weighted by Gasteiger charge is 2.12. The zero-order valence-electron chi connectivity index (χ0n) is 13.7. The fourth-order valence-electron chi connectivity index (χ4n) is 1.92. The van der Waals surface area contributed by atoms with Gasteiger partial charge < -0.3 is 20.1 Å². The molecule has 0 spiro atoms. The molecule has 0 saturated carbocycles. The van der Waals surface area contributed by atoms with Crippen molar-refractivity contribution in [1.82, 2.24) is 10.3 Å². The first-order valence-electron chi connectivity index (χ1n) is 7.32. The van der Waals surface area contributed by atoms with Crippen molar-refractivity contribution in [3.05, 3.63) is 53.7 Å². The number of rotatable bonds is 6. The number of amides is 2. The Balaban J connectivity index is 1.89. The summed E-state index contributed by atoms with van der Waals surface area (Å²) in [6, 6.07) is 9.39. The van der Waals surface area contributed by atoms with E-state index in [-0.39, 0.29) is 11.5 Å². The van der Waals surface area contributed by atoms with Crippen LogP contribution in [0.3, 0.4) is 0 Å². The summed E-state index contributed by atoms with van der Waals surface area (Å²) in [4.78, 5) is 39.2. The van der Waals surface area contributed by atoms with Crippen LogP contribution in [-0.2, 0) is 9.53 Å². The molecule has 0 fully saturated rings. The molecule has 2 aromatic rings. The summed E-state index contributed by atoms with van der Waals surface area (Å²) < 4.78 is 9.82. The lowest BCUT2D eigenvalue weighted by atomic mass is 10.2. The van der Waals surface area contributed by atoms with Gasteiger partial charge in [-0.05, 0) is 24.3 Å². The third-order valence-electron chi connectivity index (χ3n) is 3.15. The van der Waals surface area contributed by atoms with Gasteiger partial charge in [0, 0.05) is 30.6 Å². The Hall–Kier alpha value is -3.42. The Morgan fingerprint density at radius 1 is 1.12 bits per heavy atom. The molecule has 8 heteroatoms. The van der Waals surface area contributed by atoms with Crippen LogP contribution in [0.1, 0.15) is 20.7 Å². The summed E-state index contributed by atoms with van der Waals surface area (Å²) in [6.45, 7) is -0.463. The van der Waals surface area contributed by atoms with E-state index in [9.17, 15) is 14.4 Å². The van der Waals surface area contributed by atoms with Crippen molar-refractivity contribution in [2.45, 2.75) is 0 Å². The smallest absolute Gasteiger partial charge is 0.340 e. The van der Waals surface area contributed by atoms with E-state index >= 15 is 0 Å². The van der Waals surface area contributed by atoms with Crippen LogP contribution in [0, 0.1) is 0 Å². The van der Waals surface area contributed by atoms with E-state index in [4.69, 9.17) is 9.47 Å². The van der Waals surface area contributed by atoms with Gasteiger partial charge in [-0.1, -0.05) is 6.07 Å². The highest BCUT2D eigenvalue weighted by molar-refractivity contribution is 5.98. The molecule has 0 saturated heterocycles.